The smallest absolute Gasteiger partial charge is 0.359 e. The summed E-state index contributed by atoms with van der Waals surface area (Å²) >= 11 is 6.10. The van der Waals surface area contributed by atoms with Crippen molar-refractivity contribution < 1.29 is 14.6 Å². The van der Waals surface area contributed by atoms with E-state index in [9.17, 15) is 4.79 Å². The molecule has 0 atom stereocenters. The number of nitrogens with zero attached hydrogens (tertiary/aromatic N) is 3. The number of nitrogens with one attached hydrogen (secondary N) is 1. The lowest BCUT2D eigenvalue weighted by molar-refractivity contribution is 0.0687. The molecule has 0 amide bonds. The molecule has 8 heteroatoms. The maximum atomic E-state index is 11.0. The minimum atomic E-state index is -1.22. The van der Waals surface area contributed by atoms with Gasteiger partial charge in [-0.15, -0.1) is 0 Å². The van der Waals surface area contributed by atoms with E-state index in [1.165, 1.54) is 18.9 Å². The summed E-state index contributed by atoms with van der Waals surface area (Å²) in [6, 6.07) is 3.12. The molecule has 7 nitrogen and oxygen atoms in total. The van der Waals surface area contributed by atoms with Crippen molar-refractivity contribution in [1.82, 2.24) is 20.4 Å². The Kier molecular flexibility index (Phi) is 4.44. The molecule has 23 heavy (non-hydrogen) atoms. The molecule has 118 valence electrons. The van der Waals surface area contributed by atoms with Crippen LogP contribution in [0.1, 0.15) is 41.9 Å². The number of hydrogen-bond donors (Lipinski definition) is 2. The average molecular weight is 333 g/mol. The van der Waals surface area contributed by atoms with Crippen molar-refractivity contribution in [3.05, 3.63) is 28.5 Å². The fourth-order valence-electron chi connectivity index (χ4n) is 2.34. The molecule has 3 rings (SSSR count). The monoisotopic (exact) mass is 332 g/mol. The van der Waals surface area contributed by atoms with Crippen LogP contribution in [-0.4, -0.2) is 31.5 Å². The number of halogens is 1. The SMILES string of the molecule is O=C(O)c1[nH]nnc1Oc1ccc(Cl)c(C#CC2CCCC2)n1. The number of H-pyrrole nitrogens is 1. The Hall–Kier alpha value is -2.59. The van der Waals surface area contributed by atoms with E-state index in [0.29, 0.717) is 16.6 Å². The second-order valence-corrected chi connectivity index (χ2v) is 5.54. The standard InChI is InChI=1S/C15H13ClN4O3/c16-10-6-8-12(23-14-13(15(21)22)18-20-19-14)17-11(10)7-5-9-3-1-2-4-9/h6,8-9H,1-4H2,(H,21,22)(H,18,19,20). The van der Waals surface area contributed by atoms with Gasteiger partial charge >= 0.3 is 5.97 Å². The lowest BCUT2D eigenvalue weighted by Crippen LogP contribution is -2.00. The van der Waals surface area contributed by atoms with Crippen LogP contribution in [0.15, 0.2) is 12.1 Å². The van der Waals surface area contributed by atoms with Crippen molar-refractivity contribution in [2.45, 2.75) is 25.7 Å². The fraction of sp³-hybridized carbons (Fsp3) is 0.333. The van der Waals surface area contributed by atoms with Crippen LogP contribution in [0.2, 0.25) is 5.02 Å². The van der Waals surface area contributed by atoms with Crippen molar-refractivity contribution in [2.24, 2.45) is 5.92 Å². The Balaban J connectivity index is 1.82. The second kappa shape index (κ2) is 6.67. The highest BCUT2D eigenvalue weighted by atomic mass is 35.5. The molecular weight excluding hydrogens is 320 g/mol. The van der Waals surface area contributed by atoms with Crippen LogP contribution < -0.4 is 4.74 Å². The van der Waals surface area contributed by atoms with Gasteiger partial charge in [-0.3, -0.25) is 0 Å². The fourth-order valence-corrected chi connectivity index (χ4v) is 2.49. The Bertz CT molecular complexity index is 788. The summed E-state index contributed by atoms with van der Waals surface area (Å²) in [4.78, 5) is 15.2. The summed E-state index contributed by atoms with van der Waals surface area (Å²) < 4.78 is 5.36. The minimum absolute atomic E-state index is 0.154. The molecule has 1 fully saturated rings. The van der Waals surface area contributed by atoms with Crippen molar-refractivity contribution >= 4 is 17.6 Å². The van der Waals surface area contributed by atoms with Gasteiger partial charge in [-0.05, 0) is 24.8 Å². The maximum Gasteiger partial charge on any atom is 0.359 e. The average Bonchev–Trinajstić information content (AvgIpc) is 3.19. The molecule has 0 aromatic carbocycles. The molecule has 2 heterocycles. The number of ether oxygens (including phenoxy) is 1. The number of carbonyl (C=O) groups is 1. The highest BCUT2D eigenvalue weighted by Crippen LogP contribution is 2.25. The molecule has 0 aliphatic heterocycles. The number of carboxylic acid groups (broad SMARTS) is 1. The first-order chi connectivity index (χ1) is 11.1. The predicted octanol–water partition coefficient (Wildman–Crippen LogP) is 2.89. The zero-order chi connectivity index (χ0) is 16.2. The molecule has 0 radical (unpaired) electrons. The first-order valence-electron chi connectivity index (χ1n) is 7.14. The van der Waals surface area contributed by atoms with Crippen molar-refractivity contribution in [2.75, 3.05) is 0 Å². The van der Waals surface area contributed by atoms with Gasteiger partial charge in [0.05, 0.1) is 5.02 Å². The van der Waals surface area contributed by atoms with E-state index in [1.807, 2.05) is 0 Å². The molecule has 1 aliphatic carbocycles. The van der Waals surface area contributed by atoms with E-state index in [-0.39, 0.29) is 17.5 Å². The van der Waals surface area contributed by atoms with Gasteiger partial charge in [-0.25, -0.2) is 14.9 Å². The molecule has 0 unspecified atom stereocenters. The molecule has 1 saturated carbocycles. The first-order valence-corrected chi connectivity index (χ1v) is 7.51. The Labute approximate surface area is 137 Å². The molecule has 1 aliphatic rings. The Morgan fingerprint density at radius 3 is 2.91 bits per heavy atom. The van der Waals surface area contributed by atoms with E-state index in [1.54, 1.807) is 6.07 Å². The van der Waals surface area contributed by atoms with Gasteiger partial charge in [-0.1, -0.05) is 40.7 Å². The topological polar surface area (TPSA) is 101 Å². The van der Waals surface area contributed by atoms with E-state index in [0.717, 1.165) is 12.8 Å². The molecule has 2 aromatic rings. The van der Waals surface area contributed by atoms with Crippen molar-refractivity contribution in [3.63, 3.8) is 0 Å². The predicted molar refractivity (Wildman–Crippen MR) is 81.5 cm³/mol. The number of aromatic amines is 1. The number of aromatic carboxylic acids is 1. The van der Waals surface area contributed by atoms with Crippen LogP contribution in [0.4, 0.5) is 0 Å². The number of pyridine rings is 1. The molecular formula is C15H13ClN4O3. The first kappa shape index (κ1) is 15.3. The summed E-state index contributed by atoms with van der Waals surface area (Å²) in [5.74, 6) is 5.30. The van der Waals surface area contributed by atoms with Gasteiger partial charge in [0.1, 0.15) is 5.69 Å². The third kappa shape index (κ3) is 3.60. The Morgan fingerprint density at radius 2 is 2.17 bits per heavy atom. The normalized spacial score (nSPS) is 14.3. The van der Waals surface area contributed by atoms with Gasteiger partial charge in [0.15, 0.2) is 0 Å². The molecule has 0 bridgehead atoms. The van der Waals surface area contributed by atoms with Gasteiger partial charge in [-0.2, -0.15) is 0 Å². The second-order valence-electron chi connectivity index (χ2n) is 5.13. The third-order valence-corrected chi connectivity index (χ3v) is 3.81. The van der Waals surface area contributed by atoms with Crippen LogP contribution in [0.5, 0.6) is 11.8 Å². The number of hydrogen-bond acceptors (Lipinski definition) is 5. The van der Waals surface area contributed by atoms with Gasteiger partial charge in [0, 0.05) is 12.0 Å². The highest BCUT2D eigenvalue weighted by Gasteiger charge is 2.17. The summed E-state index contributed by atoms with van der Waals surface area (Å²) in [6.45, 7) is 0. The zero-order valence-corrected chi connectivity index (χ0v) is 12.8. The third-order valence-electron chi connectivity index (χ3n) is 3.50. The summed E-state index contributed by atoms with van der Waals surface area (Å²) in [7, 11) is 0. The summed E-state index contributed by atoms with van der Waals surface area (Å²) in [5, 5.41) is 18.6. The molecule has 0 spiro atoms. The van der Waals surface area contributed by atoms with Crippen molar-refractivity contribution in [3.8, 4) is 23.6 Å². The molecule has 2 aromatic heterocycles. The summed E-state index contributed by atoms with van der Waals surface area (Å²) in [6.07, 6.45) is 4.60. The lowest BCUT2D eigenvalue weighted by atomic mass is 10.1. The van der Waals surface area contributed by atoms with Crippen molar-refractivity contribution in [1.29, 1.82) is 0 Å². The maximum absolute atomic E-state index is 11.0. The molecule has 2 N–H and O–H groups in total. The van der Waals surface area contributed by atoms with Crippen LogP contribution in [0.25, 0.3) is 0 Å². The number of carboxylic acids is 1. The van der Waals surface area contributed by atoms with E-state index >= 15 is 0 Å². The highest BCUT2D eigenvalue weighted by molar-refractivity contribution is 6.31. The molecule has 0 saturated heterocycles. The largest absolute Gasteiger partial charge is 0.476 e. The number of aromatic nitrogens is 4. The number of rotatable bonds is 3. The summed E-state index contributed by atoms with van der Waals surface area (Å²) in [5.41, 5.74) is 0.150. The van der Waals surface area contributed by atoms with E-state index in [2.05, 4.69) is 32.2 Å². The van der Waals surface area contributed by atoms with Crippen LogP contribution in [-0.2, 0) is 0 Å². The van der Waals surface area contributed by atoms with Gasteiger partial charge in [0.25, 0.3) is 5.88 Å². The van der Waals surface area contributed by atoms with E-state index in [4.69, 9.17) is 21.4 Å². The zero-order valence-electron chi connectivity index (χ0n) is 12.0. The lowest BCUT2D eigenvalue weighted by Gasteiger charge is -2.03. The minimum Gasteiger partial charge on any atom is -0.476 e. The Morgan fingerprint density at radius 1 is 1.39 bits per heavy atom. The van der Waals surface area contributed by atoms with Crippen LogP contribution in [0, 0.1) is 17.8 Å². The van der Waals surface area contributed by atoms with Crippen LogP contribution in [0.3, 0.4) is 0 Å². The van der Waals surface area contributed by atoms with E-state index < -0.39 is 5.97 Å². The van der Waals surface area contributed by atoms with Gasteiger partial charge < -0.3 is 9.84 Å². The quantitative estimate of drug-likeness (QED) is 0.838. The van der Waals surface area contributed by atoms with Crippen LogP contribution >= 0.6 is 11.6 Å². The van der Waals surface area contributed by atoms with Gasteiger partial charge in [0.2, 0.25) is 11.6 Å².